The third-order valence-corrected chi connectivity index (χ3v) is 3.63. The van der Waals surface area contributed by atoms with Crippen molar-refractivity contribution in [1.82, 2.24) is 0 Å². The van der Waals surface area contributed by atoms with E-state index >= 15 is 0 Å². The van der Waals surface area contributed by atoms with Gasteiger partial charge in [-0.1, -0.05) is 75.5 Å². The van der Waals surface area contributed by atoms with Crippen LogP contribution in [0, 0.1) is 0 Å². The number of carbonyl (C=O) groups excluding carboxylic acids is 1. The highest BCUT2D eigenvalue weighted by Crippen LogP contribution is 2.08. The minimum absolute atomic E-state index is 0.106. The molecule has 0 N–H and O–H groups in total. The summed E-state index contributed by atoms with van der Waals surface area (Å²) in [7, 11) is 1.60. The number of hydrogen-bond acceptors (Lipinski definition) is 3. The van der Waals surface area contributed by atoms with Gasteiger partial charge in [-0.3, -0.25) is 4.79 Å². The Morgan fingerprint density at radius 3 is 2.08 bits per heavy atom. The second kappa shape index (κ2) is 19.7. The Balaban J connectivity index is 3.32. The van der Waals surface area contributed by atoms with E-state index in [1.807, 2.05) is 0 Å². The van der Waals surface area contributed by atoms with Crippen molar-refractivity contribution < 1.29 is 14.3 Å². The molecule has 0 amide bonds. The lowest BCUT2D eigenvalue weighted by molar-refractivity contribution is -0.145. The van der Waals surface area contributed by atoms with Gasteiger partial charge in [0.15, 0.2) is 0 Å². The zero-order valence-corrected chi connectivity index (χ0v) is 15.7. The Kier molecular flexibility index (Phi) is 18.6. The van der Waals surface area contributed by atoms with Crippen LogP contribution in [0.5, 0.6) is 0 Å². The van der Waals surface area contributed by atoms with E-state index in [2.05, 4.69) is 43.4 Å². The molecule has 0 atom stereocenters. The molecule has 138 valence electrons. The molecule has 3 heteroatoms. The number of allylic oxidation sites excluding steroid dienone is 6. The number of methoxy groups -OCH3 is 1. The van der Waals surface area contributed by atoms with Gasteiger partial charge in [-0.25, -0.2) is 0 Å². The van der Waals surface area contributed by atoms with Gasteiger partial charge in [-0.2, -0.15) is 0 Å². The molecule has 24 heavy (non-hydrogen) atoms. The second-order valence-corrected chi connectivity index (χ2v) is 5.90. The molecule has 0 aliphatic carbocycles. The Morgan fingerprint density at radius 2 is 1.42 bits per heavy atom. The Hall–Kier alpha value is -1.35. The topological polar surface area (TPSA) is 35.5 Å². The summed E-state index contributed by atoms with van der Waals surface area (Å²) in [6.07, 6.45) is 23.9. The molecule has 0 radical (unpaired) electrons. The highest BCUT2D eigenvalue weighted by atomic mass is 16.6. The van der Waals surface area contributed by atoms with Gasteiger partial charge in [0.25, 0.3) is 0 Å². The van der Waals surface area contributed by atoms with Crippen LogP contribution in [0.4, 0.5) is 0 Å². The molecule has 0 rings (SSSR count). The van der Waals surface area contributed by atoms with E-state index in [1.165, 1.54) is 38.5 Å². The minimum atomic E-state index is -0.106. The maximum Gasteiger partial charge on any atom is 0.305 e. The lowest BCUT2D eigenvalue weighted by Gasteiger charge is -2.03. The van der Waals surface area contributed by atoms with Crippen LogP contribution in [0.15, 0.2) is 36.5 Å². The molecule has 0 bridgehead atoms. The first-order valence-electron chi connectivity index (χ1n) is 9.44. The molecular formula is C21H36O3. The monoisotopic (exact) mass is 336 g/mol. The molecule has 0 unspecified atom stereocenters. The molecule has 0 saturated heterocycles. The predicted octanol–water partition coefficient (Wildman–Crippen LogP) is 5.77. The van der Waals surface area contributed by atoms with Crippen LogP contribution in [0.25, 0.3) is 0 Å². The van der Waals surface area contributed by atoms with Crippen LogP contribution < -0.4 is 0 Å². The third-order valence-electron chi connectivity index (χ3n) is 3.63. The van der Waals surface area contributed by atoms with Crippen LogP contribution in [0.2, 0.25) is 0 Å². The first kappa shape index (κ1) is 22.6. The number of ether oxygens (including phenoxy) is 2. The predicted molar refractivity (Wildman–Crippen MR) is 102 cm³/mol. The van der Waals surface area contributed by atoms with Gasteiger partial charge < -0.3 is 9.47 Å². The van der Waals surface area contributed by atoms with Crippen LogP contribution in [-0.2, 0) is 14.3 Å². The van der Waals surface area contributed by atoms with E-state index in [9.17, 15) is 4.79 Å². The maximum absolute atomic E-state index is 11.4. The van der Waals surface area contributed by atoms with Gasteiger partial charge in [0.05, 0.1) is 6.61 Å². The summed E-state index contributed by atoms with van der Waals surface area (Å²) in [5.41, 5.74) is 0. The normalized spacial score (nSPS) is 11.9. The van der Waals surface area contributed by atoms with Crippen molar-refractivity contribution in [2.45, 2.75) is 71.1 Å². The van der Waals surface area contributed by atoms with Crippen molar-refractivity contribution in [3.05, 3.63) is 36.5 Å². The van der Waals surface area contributed by atoms with Gasteiger partial charge in [-0.05, 0) is 25.7 Å². The average molecular weight is 337 g/mol. The maximum atomic E-state index is 11.4. The molecule has 0 aromatic carbocycles. The van der Waals surface area contributed by atoms with Crippen LogP contribution in [-0.4, -0.2) is 26.3 Å². The summed E-state index contributed by atoms with van der Waals surface area (Å²) in [6.45, 7) is 3.05. The van der Waals surface area contributed by atoms with Gasteiger partial charge in [0, 0.05) is 13.5 Å². The molecule has 0 aliphatic rings. The number of hydrogen-bond donors (Lipinski definition) is 0. The summed E-state index contributed by atoms with van der Waals surface area (Å²) in [5.74, 6) is -0.106. The van der Waals surface area contributed by atoms with E-state index < -0.39 is 0 Å². The molecule has 0 spiro atoms. The van der Waals surface area contributed by atoms with Crippen molar-refractivity contribution in [2.75, 3.05) is 20.3 Å². The zero-order chi connectivity index (χ0) is 17.7. The van der Waals surface area contributed by atoms with Crippen LogP contribution in [0.3, 0.4) is 0 Å². The van der Waals surface area contributed by atoms with Crippen molar-refractivity contribution in [2.24, 2.45) is 0 Å². The minimum Gasteiger partial charge on any atom is -0.463 e. The fourth-order valence-corrected chi connectivity index (χ4v) is 2.17. The van der Waals surface area contributed by atoms with Gasteiger partial charge in [0.1, 0.15) is 6.61 Å². The highest BCUT2D eigenvalue weighted by Gasteiger charge is 2.01. The number of carbonyl (C=O) groups is 1. The molecule has 0 aliphatic heterocycles. The first-order chi connectivity index (χ1) is 11.8. The quantitative estimate of drug-likeness (QED) is 0.204. The summed E-state index contributed by atoms with van der Waals surface area (Å²) in [5, 5.41) is 0. The Bertz CT molecular complexity index is 356. The third kappa shape index (κ3) is 18.7. The summed E-state index contributed by atoms with van der Waals surface area (Å²) in [6, 6.07) is 0. The SMILES string of the molecule is CCCCC=CC=CC=CCCCCCCCC(=O)OCCOC. The largest absolute Gasteiger partial charge is 0.463 e. The summed E-state index contributed by atoms with van der Waals surface area (Å²) in [4.78, 5) is 11.4. The summed E-state index contributed by atoms with van der Waals surface area (Å²) >= 11 is 0. The van der Waals surface area contributed by atoms with Crippen molar-refractivity contribution in [3.63, 3.8) is 0 Å². The van der Waals surface area contributed by atoms with Crippen LogP contribution >= 0.6 is 0 Å². The molecule has 0 aromatic rings. The van der Waals surface area contributed by atoms with Crippen molar-refractivity contribution >= 4 is 5.97 Å². The fraction of sp³-hybridized carbons (Fsp3) is 0.667. The summed E-state index contributed by atoms with van der Waals surface area (Å²) < 4.78 is 9.85. The lowest BCUT2D eigenvalue weighted by atomic mass is 10.1. The van der Waals surface area contributed by atoms with Crippen molar-refractivity contribution in [1.29, 1.82) is 0 Å². The standard InChI is InChI=1S/C21H36O3/c1-3-4-5-6-7-8-9-10-11-12-13-14-15-16-17-18-21(22)24-20-19-23-2/h6-11H,3-5,12-20H2,1-2H3. The Labute approximate surface area is 148 Å². The van der Waals surface area contributed by atoms with E-state index in [4.69, 9.17) is 9.47 Å². The lowest BCUT2D eigenvalue weighted by Crippen LogP contribution is -2.09. The number of rotatable bonds is 16. The molecule has 0 saturated carbocycles. The number of esters is 1. The van der Waals surface area contributed by atoms with Gasteiger partial charge in [0.2, 0.25) is 0 Å². The average Bonchev–Trinajstić information content (AvgIpc) is 2.58. The van der Waals surface area contributed by atoms with E-state index in [0.29, 0.717) is 19.6 Å². The smallest absolute Gasteiger partial charge is 0.305 e. The van der Waals surface area contributed by atoms with Gasteiger partial charge in [-0.15, -0.1) is 0 Å². The van der Waals surface area contributed by atoms with Crippen LogP contribution in [0.1, 0.15) is 71.1 Å². The first-order valence-corrected chi connectivity index (χ1v) is 9.44. The molecule has 3 nitrogen and oxygen atoms in total. The zero-order valence-electron chi connectivity index (χ0n) is 15.7. The molecule has 0 heterocycles. The molecule has 0 fully saturated rings. The van der Waals surface area contributed by atoms with E-state index in [-0.39, 0.29) is 5.97 Å². The second-order valence-electron chi connectivity index (χ2n) is 5.90. The van der Waals surface area contributed by atoms with Crippen molar-refractivity contribution in [3.8, 4) is 0 Å². The Morgan fingerprint density at radius 1 is 0.792 bits per heavy atom. The molecule has 0 aromatic heterocycles. The highest BCUT2D eigenvalue weighted by molar-refractivity contribution is 5.69. The molecular weight excluding hydrogens is 300 g/mol. The fourth-order valence-electron chi connectivity index (χ4n) is 2.17. The van der Waals surface area contributed by atoms with E-state index in [1.54, 1.807) is 7.11 Å². The van der Waals surface area contributed by atoms with Gasteiger partial charge >= 0.3 is 5.97 Å². The number of unbranched alkanes of at least 4 members (excludes halogenated alkanes) is 7. The van der Waals surface area contributed by atoms with E-state index in [0.717, 1.165) is 19.3 Å².